The third-order valence-corrected chi connectivity index (χ3v) is 3.44. The van der Waals surface area contributed by atoms with Crippen LogP contribution in [0.15, 0.2) is 0 Å². The van der Waals surface area contributed by atoms with Gasteiger partial charge < -0.3 is 24.3 Å². The lowest BCUT2D eigenvalue weighted by Crippen LogP contribution is -2.40. The van der Waals surface area contributed by atoms with E-state index in [1.807, 2.05) is 6.92 Å². The molecule has 0 heterocycles. The van der Waals surface area contributed by atoms with Crippen molar-refractivity contribution in [1.82, 2.24) is 5.32 Å². The largest absolute Gasteiger partial charge is 0.509 e. The van der Waals surface area contributed by atoms with Crippen molar-refractivity contribution < 1.29 is 33.3 Å². The van der Waals surface area contributed by atoms with E-state index < -0.39 is 30.4 Å². The molecule has 0 rings (SSSR count). The van der Waals surface area contributed by atoms with Crippen LogP contribution in [0.5, 0.6) is 0 Å². The molecule has 152 valence electrons. The molecule has 0 radical (unpaired) electrons. The molecule has 26 heavy (non-hydrogen) atoms. The van der Waals surface area contributed by atoms with Crippen LogP contribution in [-0.4, -0.2) is 50.2 Å². The average Bonchev–Trinajstić information content (AvgIpc) is 2.60. The van der Waals surface area contributed by atoms with Crippen molar-refractivity contribution in [2.45, 2.75) is 78.4 Å². The number of carbonyl (C=O) groups excluding carboxylic acids is 3. The second-order valence-corrected chi connectivity index (χ2v) is 6.04. The third kappa shape index (κ3) is 13.3. The molecule has 0 aromatic carbocycles. The van der Waals surface area contributed by atoms with E-state index in [0.29, 0.717) is 6.61 Å². The Morgan fingerprint density at radius 2 is 1.31 bits per heavy atom. The number of amides is 1. The zero-order chi connectivity index (χ0) is 19.8. The Hall–Kier alpha value is -1.99. The predicted octanol–water partition coefficient (Wildman–Crippen LogP) is 3.57. The summed E-state index contributed by atoms with van der Waals surface area (Å²) in [5.74, 6) is -0.498. The van der Waals surface area contributed by atoms with Gasteiger partial charge >= 0.3 is 12.3 Å². The average molecular weight is 375 g/mol. The molecule has 0 saturated heterocycles. The van der Waals surface area contributed by atoms with E-state index in [-0.39, 0.29) is 13.2 Å². The van der Waals surface area contributed by atoms with Gasteiger partial charge in [-0.1, -0.05) is 39.5 Å². The van der Waals surface area contributed by atoms with Crippen molar-refractivity contribution in [3.8, 4) is 0 Å². The van der Waals surface area contributed by atoms with E-state index in [2.05, 4.69) is 12.2 Å². The van der Waals surface area contributed by atoms with E-state index in [4.69, 9.17) is 18.9 Å². The monoisotopic (exact) mass is 375 g/mol. The van der Waals surface area contributed by atoms with Gasteiger partial charge in [0, 0.05) is 0 Å². The Bertz CT molecular complexity index is 414. The molecule has 0 aromatic rings. The fourth-order valence-corrected chi connectivity index (χ4v) is 1.88. The number of ether oxygens (including phenoxy) is 4. The molecule has 0 aliphatic heterocycles. The van der Waals surface area contributed by atoms with Crippen LogP contribution in [0, 0.1) is 0 Å². The summed E-state index contributed by atoms with van der Waals surface area (Å²) in [6, 6.07) is 0. The van der Waals surface area contributed by atoms with Gasteiger partial charge in [0.25, 0.3) is 5.91 Å². The minimum Gasteiger partial charge on any atom is -0.434 e. The Morgan fingerprint density at radius 3 is 1.81 bits per heavy atom. The van der Waals surface area contributed by atoms with Crippen molar-refractivity contribution in [3.05, 3.63) is 0 Å². The van der Waals surface area contributed by atoms with Crippen LogP contribution in [0.4, 0.5) is 9.59 Å². The quantitative estimate of drug-likeness (QED) is 0.388. The number of nitrogens with one attached hydrogen (secondary N) is 1. The number of hydrogen-bond donors (Lipinski definition) is 1. The highest BCUT2D eigenvalue weighted by Gasteiger charge is 2.20. The maximum Gasteiger partial charge on any atom is 0.509 e. The van der Waals surface area contributed by atoms with Gasteiger partial charge in [0.2, 0.25) is 0 Å². The van der Waals surface area contributed by atoms with Crippen molar-refractivity contribution in [3.63, 3.8) is 0 Å². The maximum absolute atomic E-state index is 11.9. The molecular weight excluding hydrogens is 342 g/mol. The fraction of sp³-hybridized carbons (Fsp3) is 0.833. The van der Waals surface area contributed by atoms with Crippen LogP contribution in [0.3, 0.4) is 0 Å². The zero-order valence-electron chi connectivity index (χ0n) is 16.4. The van der Waals surface area contributed by atoms with Crippen LogP contribution < -0.4 is 5.32 Å². The van der Waals surface area contributed by atoms with E-state index in [0.717, 1.165) is 38.5 Å². The first-order valence-corrected chi connectivity index (χ1v) is 9.35. The van der Waals surface area contributed by atoms with Gasteiger partial charge in [-0.15, -0.1) is 0 Å². The van der Waals surface area contributed by atoms with Crippen LogP contribution in [-0.2, 0) is 23.7 Å². The molecule has 0 fully saturated rings. The smallest absolute Gasteiger partial charge is 0.434 e. The maximum atomic E-state index is 11.9. The van der Waals surface area contributed by atoms with Crippen LogP contribution in [0.25, 0.3) is 0 Å². The number of rotatable bonds is 13. The molecule has 8 nitrogen and oxygen atoms in total. The van der Waals surface area contributed by atoms with Crippen molar-refractivity contribution in [1.29, 1.82) is 0 Å². The molecule has 0 aliphatic carbocycles. The molecule has 8 heteroatoms. The van der Waals surface area contributed by atoms with E-state index in [9.17, 15) is 14.4 Å². The second kappa shape index (κ2) is 15.3. The van der Waals surface area contributed by atoms with Gasteiger partial charge in [-0.3, -0.25) is 4.79 Å². The van der Waals surface area contributed by atoms with Crippen molar-refractivity contribution >= 4 is 18.2 Å². The summed E-state index contributed by atoms with van der Waals surface area (Å²) in [7, 11) is 0. The first-order chi connectivity index (χ1) is 12.4. The molecule has 1 amide bonds. The van der Waals surface area contributed by atoms with Gasteiger partial charge in [-0.2, -0.15) is 0 Å². The van der Waals surface area contributed by atoms with E-state index >= 15 is 0 Å². The Labute approximate surface area is 155 Å². The van der Waals surface area contributed by atoms with Crippen LogP contribution in [0.1, 0.15) is 66.2 Å². The molecule has 0 aliphatic rings. The van der Waals surface area contributed by atoms with Gasteiger partial charge in [0.15, 0.2) is 6.10 Å². The Morgan fingerprint density at radius 1 is 0.808 bits per heavy atom. The first kappa shape index (κ1) is 24.0. The minimum atomic E-state index is -0.998. The second-order valence-electron chi connectivity index (χ2n) is 6.04. The summed E-state index contributed by atoms with van der Waals surface area (Å²) in [6.07, 6.45) is 2.35. The SMILES string of the molecule is CCCCCOC(=O)O[C@H](C)CNC(=O)[C@@H](C)OC(=O)OCCCCC. The number of hydrogen-bond acceptors (Lipinski definition) is 7. The van der Waals surface area contributed by atoms with Gasteiger partial charge in [-0.05, 0) is 26.7 Å². The highest BCUT2D eigenvalue weighted by atomic mass is 16.7. The first-order valence-electron chi connectivity index (χ1n) is 9.35. The molecule has 0 saturated carbocycles. The summed E-state index contributed by atoms with van der Waals surface area (Å²) < 4.78 is 19.7. The number of unbranched alkanes of at least 4 members (excludes halogenated alkanes) is 4. The van der Waals surface area contributed by atoms with Crippen molar-refractivity contribution in [2.75, 3.05) is 19.8 Å². The molecular formula is C18H33NO7. The highest BCUT2D eigenvalue weighted by molar-refractivity contribution is 5.82. The predicted molar refractivity (Wildman–Crippen MR) is 95.8 cm³/mol. The Kier molecular flexibility index (Phi) is 14.1. The summed E-state index contributed by atoms with van der Waals surface area (Å²) in [5.41, 5.74) is 0. The van der Waals surface area contributed by atoms with E-state index in [1.54, 1.807) is 6.92 Å². The normalized spacial score (nSPS) is 12.6. The molecule has 0 aromatic heterocycles. The van der Waals surface area contributed by atoms with Gasteiger partial charge in [0.1, 0.15) is 6.10 Å². The minimum absolute atomic E-state index is 0.0855. The molecule has 1 N–H and O–H groups in total. The summed E-state index contributed by atoms with van der Waals surface area (Å²) >= 11 is 0. The molecule has 0 spiro atoms. The van der Waals surface area contributed by atoms with Crippen LogP contribution in [0.2, 0.25) is 0 Å². The summed E-state index contributed by atoms with van der Waals surface area (Å²) in [6.45, 7) is 7.84. The standard InChI is InChI=1S/C18H33NO7/c1-5-7-9-11-23-17(21)25-14(3)13-19-16(20)15(4)26-18(22)24-12-10-8-6-2/h14-15H,5-13H2,1-4H3,(H,19,20)/t14-,15-/m1/s1. The topological polar surface area (TPSA) is 100 Å². The van der Waals surface area contributed by atoms with E-state index in [1.165, 1.54) is 6.92 Å². The van der Waals surface area contributed by atoms with Crippen molar-refractivity contribution in [2.24, 2.45) is 0 Å². The zero-order valence-corrected chi connectivity index (χ0v) is 16.4. The molecule has 2 atom stereocenters. The third-order valence-electron chi connectivity index (χ3n) is 3.44. The summed E-state index contributed by atoms with van der Waals surface area (Å²) in [4.78, 5) is 34.8. The van der Waals surface area contributed by atoms with Gasteiger partial charge in [-0.25, -0.2) is 9.59 Å². The Balaban J connectivity index is 3.89. The highest BCUT2D eigenvalue weighted by Crippen LogP contribution is 2.01. The molecule has 0 unspecified atom stereocenters. The molecule has 0 bridgehead atoms. The lowest BCUT2D eigenvalue weighted by molar-refractivity contribution is -0.130. The fourth-order valence-electron chi connectivity index (χ4n) is 1.88. The van der Waals surface area contributed by atoms with Crippen LogP contribution >= 0.6 is 0 Å². The van der Waals surface area contributed by atoms with Gasteiger partial charge in [0.05, 0.1) is 19.8 Å². The summed E-state index contributed by atoms with van der Waals surface area (Å²) in [5, 5.41) is 2.54. The lowest BCUT2D eigenvalue weighted by Gasteiger charge is -2.16. The number of carbonyl (C=O) groups is 3. The lowest BCUT2D eigenvalue weighted by atomic mass is 10.3.